The molecule has 0 spiro atoms. The van der Waals surface area contributed by atoms with Gasteiger partial charge in [-0.2, -0.15) is 0 Å². The molecule has 0 aliphatic heterocycles. The minimum Gasteiger partial charge on any atom is -0.497 e. The van der Waals surface area contributed by atoms with Crippen LogP contribution in [0.4, 0.5) is 0 Å². The third-order valence-electron chi connectivity index (χ3n) is 2.51. The van der Waals surface area contributed by atoms with E-state index >= 15 is 0 Å². The summed E-state index contributed by atoms with van der Waals surface area (Å²) in [7, 11) is 1.56. The highest BCUT2D eigenvalue weighted by molar-refractivity contribution is 6.02. The molecule has 0 N–H and O–H groups in total. The van der Waals surface area contributed by atoms with Gasteiger partial charge < -0.3 is 4.74 Å². The zero-order chi connectivity index (χ0) is 11.7. The van der Waals surface area contributed by atoms with E-state index in [2.05, 4.69) is 0 Å². The number of ether oxygens (including phenoxy) is 1. The van der Waals surface area contributed by atoms with Crippen molar-refractivity contribution in [2.75, 3.05) is 7.11 Å². The Labute approximate surface area is 92.4 Å². The van der Waals surface area contributed by atoms with Gasteiger partial charge in [0.25, 0.3) is 0 Å². The number of hydrogen-bond donors (Lipinski definition) is 0. The Bertz CT molecular complexity index is 569. The highest BCUT2D eigenvalue weighted by Gasteiger charge is 2.11. The summed E-state index contributed by atoms with van der Waals surface area (Å²) in [6.45, 7) is 1.45. The first-order chi connectivity index (χ1) is 7.67. The molecule has 2 aromatic rings. The van der Waals surface area contributed by atoms with Crippen LogP contribution < -0.4 is 4.74 Å². The third-order valence-corrected chi connectivity index (χ3v) is 2.51. The zero-order valence-electron chi connectivity index (χ0n) is 9.06. The fourth-order valence-electron chi connectivity index (χ4n) is 1.71. The van der Waals surface area contributed by atoms with Crippen molar-refractivity contribution in [1.82, 2.24) is 4.57 Å². The van der Waals surface area contributed by atoms with Crippen LogP contribution in [0.2, 0.25) is 0 Å². The minimum atomic E-state index is -0.133. The largest absolute Gasteiger partial charge is 0.497 e. The van der Waals surface area contributed by atoms with E-state index in [0.29, 0.717) is 16.8 Å². The number of benzene rings is 1. The first kappa shape index (κ1) is 10.4. The molecule has 1 heterocycles. The molecule has 0 atom stereocenters. The van der Waals surface area contributed by atoms with Crippen molar-refractivity contribution in [3.63, 3.8) is 0 Å². The lowest BCUT2D eigenvalue weighted by molar-refractivity contribution is 0.0941. The maximum atomic E-state index is 11.4. The Balaban J connectivity index is 2.80. The van der Waals surface area contributed by atoms with Gasteiger partial charge in [-0.15, -0.1) is 0 Å². The van der Waals surface area contributed by atoms with Crippen LogP contribution in [0.25, 0.3) is 10.9 Å². The standard InChI is InChI=1S/C12H11NO3/c1-8(15)13-6-9(7-14)11-4-3-10(16-2)5-12(11)13/h3-7H,1-2H3. The Kier molecular flexibility index (Phi) is 2.48. The molecular formula is C12H11NO3. The Morgan fingerprint density at radius 2 is 2.19 bits per heavy atom. The van der Waals surface area contributed by atoms with Crippen molar-refractivity contribution in [1.29, 1.82) is 0 Å². The Hall–Kier alpha value is -2.10. The zero-order valence-corrected chi connectivity index (χ0v) is 9.06. The van der Waals surface area contributed by atoms with Crippen LogP contribution in [0.5, 0.6) is 5.75 Å². The first-order valence-corrected chi connectivity index (χ1v) is 4.82. The van der Waals surface area contributed by atoms with Crippen molar-refractivity contribution >= 4 is 23.1 Å². The lowest BCUT2D eigenvalue weighted by atomic mass is 10.2. The monoisotopic (exact) mass is 217 g/mol. The van der Waals surface area contributed by atoms with Crippen molar-refractivity contribution in [3.8, 4) is 5.75 Å². The molecule has 0 amide bonds. The number of hydrogen-bond acceptors (Lipinski definition) is 3. The van der Waals surface area contributed by atoms with Crippen molar-refractivity contribution in [2.45, 2.75) is 6.92 Å². The molecule has 0 bridgehead atoms. The van der Waals surface area contributed by atoms with E-state index in [0.717, 1.165) is 11.7 Å². The molecule has 4 nitrogen and oxygen atoms in total. The van der Waals surface area contributed by atoms with E-state index in [1.54, 1.807) is 31.5 Å². The number of fused-ring (bicyclic) bond motifs is 1. The maximum absolute atomic E-state index is 11.4. The van der Waals surface area contributed by atoms with Crippen LogP contribution in [0.3, 0.4) is 0 Å². The number of nitrogens with zero attached hydrogens (tertiary/aromatic N) is 1. The van der Waals surface area contributed by atoms with Crippen molar-refractivity contribution in [3.05, 3.63) is 30.0 Å². The smallest absolute Gasteiger partial charge is 0.227 e. The Morgan fingerprint density at radius 1 is 1.44 bits per heavy atom. The van der Waals surface area contributed by atoms with Gasteiger partial charge in [0.1, 0.15) is 5.75 Å². The molecule has 1 aromatic heterocycles. The highest BCUT2D eigenvalue weighted by Crippen LogP contribution is 2.24. The van der Waals surface area contributed by atoms with E-state index in [4.69, 9.17) is 4.74 Å². The predicted molar refractivity (Wildman–Crippen MR) is 60.2 cm³/mol. The molecule has 0 fully saturated rings. The summed E-state index contributed by atoms with van der Waals surface area (Å²) in [5, 5.41) is 0.756. The lowest BCUT2D eigenvalue weighted by Crippen LogP contribution is -2.03. The van der Waals surface area contributed by atoms with Gasteiger partial charge in [-0.1, -0.05) is 0 Å². The number of carbonyl (C=O) groups excluding carboxylic acids is 2. The van der Waals surface area contributed by atoms with E-state index in [1.807, 2.05) is 0 Å². The molecule has 1 aromatic carbocycles. The normalized spacial score (nSPS) is 10.4. The second-order valence-corrected chi connectivity index (χ2v) is 3.47. The average Bonchev–Trinajstić information content (AvgIpc) is 2.66. The van der Waals surface area contributed by atoms with Crippen molar-refractivity contribution in [2.24, 2.45) is 0 Å². The SMILES string of the molecule is COc1ccc2c(C=O)cn(C(C)=O)c2c1. The van der Waals surface area contributed by atoms with Crippen LogP contribution in [0, 0.1) is 0 Å². The van der Waals surface area contributed by atoms with Gasteiger partial charge in [0.2, 0.25) is 5.91 Å². The summed E-state index contributed by atoms with van der Waals surface area (Å²) < 4.78 is 6.53. The fourth-order valence-corrected chi connectivity index (χ4v) is 1.71. The number of methoxy groups -OCH3 is 1. The molecule has 0 saturated heterocycles. The van der Waals surface area contributed by atoms with E-state index in [9.17, 15) is 9.59 Å². The third kappa shape index (κ3) is 1.48. The van der Waals surface area contributed by atoms with Gasteiger partial charge in [-0.25, -0.2) is 0 Å². The number of rotatable bonds is 2. The van der Waals surface area contributed by atoms with Crippen LogP contribution in [0.1, 0.15) is 22.1 Å². The number of aldehydes is 1. The van der Waals surface area contributed by atoms with Crippen LogP contribution >= 0.6 is 0 Å². The summed E-state index contributed by atoms with van der Waals surface area (Å²) in [5.74, 6) is 0.525. The molecule has 82 valence electrons. The van der Waals surface area contributed by atoms with Gasteiger partial charge in [-0.05, 0) is 12.1 Å². The molecule has 2 rings (SSSR count). The number of carbonyl (C=O) groups is 2. The minimum absolute atomic E-state index is 0.133. The Morgan fingerprint density at radius 3 is 2.75 bits per heavy atom. The summed E-state index contributed by atoms with van der Waals surface area (Å²) in [4.78, 5) is 22.2. The second kappa shape index (κ2) is 3.81. The van der Waals surface area contributed by atoms with Crippen LogP contribution in [-0.4, -0.2) is 23.9 Å². The summed E-state index contributed by atoms with van der Waals surface area (Å²) in [5.41, 5.74) is 1.20. The van der Waals surface area contributed by atoms with E-state index < -0.39 is 0 Å². The lowest BCUT2D eigenvalue weighted by Gasteiger charge is -2.02. The van der Waals surface area contributed by atoms with Gasteiger partial charge in [-0.3, -0.25) is 14.2 Å². The fraction of sp³-hybridized carbons (Fsp3) is 0.167. The van der Waals surface area contributed by atoms with Gasteiger partial charge in [0, 0.05) is 30.1 Å². The van der Waals surface area contributed by atoms with E-state index in [1.165, 1.54) is 11.5 Å². The molecule has 4 heteroatoms. The van der Waals surface area contributed by atoms with Crippen LogP contribution in [0.15, 0.2) is 24.4 Å². The molecule has 16 heavy (non-hydrogen) atoms. The summed E-state index contributed by atoms with van der Waals surface area (Å²) in [6, 6.07) is 5.28. The first-order valence-electron chi connectivity index (χ1n) is 4.82. The highest BCUT2D eigenvalue weighted by atomic mass is 16.5. The molecule has 0 aliphatic rings. The molecule has 0 radical (unpaired) electrons. The van der Waals surface area contributed by atoms with Gasteiger partial charge in [0.05, 0.1) is 12.6 Å². The predicted octanol–water partition coefficient (Wildman–Crippen LogP) is 2.12. The molecule has 0 unspecified atom stereocenters. The molecule has 0 aliphatic carbocycles. The van der Waals surface area contributed by atoms with Gasteiger partial charge in [0.15, 0.2) is 6.29 Å². The van der Waals surface area contributed by atoms with Crippen LogP contribution in [-0.2, 0) is 0 Å². The second-order valence-electron chi connectivity index (χ2n) is 3.47. The summed E-state index contributed by atoms with van der Waals surface area (Å²) in [6.07, 6.45) is 2.29. The van der Waals surface area contributed by atoms with Crippen molar-refractivity contribution < 1.29 is 14.3 Å². The topological polar surface area (TPSA) is 48.3 Å². The average molecular weight is 217 g/mol. The van der Waals surface area contributed by atoms with E-state index in [-0.39, 0.29) is 5.91 Å². The molecular weight excluding hydrogens is 206 g/mol. The maximum Gasteiger partial charge on any atom is 0.227 e. The summed E-state index contributed by atoms with van der Waals surface area (Å²) >= 11 is 0. The number of aromatic nitrogens is 1. The quantitative estimate of drug-likeness (QED) is 0.724. The van der Waals surface area contributed by atoms with Gasteiger partial charge >= 0.3 is 0 Å². The molecule has 0 saturated carbocycles.